The Labute approximate surface area is 212 Å². The molecule has 0 N–H and O–H groups in total. The summed E-state index contributed by atoms with van der Waals surface area (Å²) < 4.78 is 25.6. The molecule has 37 heavy (non-hydrogen) atoms. The fourth-order valence-electron chi connectivity index (χ4n) is 4.78. The van der Waals surface area contributed by atoms with Crippen molar-refractivity contribution < 1.29 is 18.3 Å². The number of carbonyl (C=O) groups is 1. The third-order valence-electron chi connectivity index (χ3n) is 6.56. The van der Waals surface area contributed by atoms with E-state index < -0.39 is 6.04 Å². The van der Waals surface area contributed by atoms with Crippen LogP contribution in [0, 0.1) is 5.82 Å². The molecule has 0 bridgehead atoms. The largest absolute Gasteiger partial charge is 0.489 e. The third kappa shape index (κ3) is 4.27. The van der Waals surface area contributed by atoms with E-state index in [9.17, 15) is 14.0 Å². The zero-order chi connectivity index (χ0) is 25.4. The molecule has 6 rings (SSSR count). The molecule has 1 amide bonds. The first-order chi connectivity index (χ1) is 18.1. The number of hydrogen-bond donors (Lipinski definition) is 0. The molecule has 1 atom stereocenters. The Morgan fingerprint density at radius 2 is 1.57 bits per heavy atom. The zero-order valence-corrected chi connectivity index (χ0v) is 19.8. The van der Waals surface area contributed by atoms with Gasteiger partial charge >= 0.3 is 0 Å². The van der Waals surface area contributed by atoms with E-state index in [0.717, 1.165) is 16.7 Å². The fraction of sp³-hybridized carbons (Fsp3) is 0.0968. The topological polar surface area (TPSA) is 59.8 Å². The van der Waals surface area contributed by atoms with Crippen molar-refractivity contribution in [3.63, 3.8) is 0 Å². The second kappa shape index (κ2) is 9.39. The molecule has 1 aliphatic heterocycles. The molecular formula is C31H22FNO4. The molecule has 1 unspecified atom stereocenters. The van der Waals surface area contributed by atoms with Crippen molar-refractivity contribution in [1.82, 2.24) is 4.90 Å². The smallest absolute Gasteiger partial charge is 0.291 e. The van der Waals surface area contributed by atoms with Crippen LogP contribution in [0.3, 0.4) is 0 Å². The van der Waals surface area contributed by atoms with Gasteiger partial charge in [0.2, 0.25) is 5.76 Å². The molecule has 0 saturated heterocycles. The lowest BCUT2D eigenvalue weighted by Crippen LogP contribution is -2.29. The predicted molar refractivity (Wildman–Crippen MR) is 138 cm³/mol. The van der Waals surface area contributed by atoms with Gasteiger partial charge in [0.1, 0.15) is 23.8 Å². The van der Waals surface area contributed by atoms with Crippen molar-refractivity contribution in [2.24, 2.45) is 0 Å². The molecule has 1 aromatic heterocycles. The SMILES string of the molecule is O=C1c2oc3ccccc3c(=O)c2C(c2cccc(OCc3ccccc3)c2)N1Cc1ccc(F)cc1. The van der Waals surface area contributed by atoms with Gasteiger partial charge in [-0.1, -0.05) is 66.7 Å². The van der Waals surface area contributed by atoms with Crippen LogP contribution in [0.2, 0.25) is 0 Å². The maximum atomic E-state index is 13.7. The van der Waals surface area contributed by atoms with Gasteiger partial charge in [-0.25, -0.2) is 4.39 Å². The summed E-state index contributed by atoms with van der Waals surface area (Å²) in [5.41, 5.74) is 2.91. The Bertz CT molecular complexity index is 1660. The van der Waals surface area contributed by atoms with E-state index in [1.165, 1.54) is 12.1 Å². The first-order valence-electron chi connectivity index (χ1n) is 12.0. The molecule has 4 aromatic carbocycles. The highest BCUT2D eigenvalue weighted by atomic mass is 19.1. The monoisotopic (exact) mass is 491 g/mol. The number of fused-ring (bicyclic) bond motifs is 2. The Balaban J connectivity index is 1.44. The van der Waals surface area contributed by atoms with Crippen LogP contribution in [0.1, 0.15) is 38.9 Å². The Morgan fingerprint density at radius 3 is 2.38 bits per heavy atom. The molecule has 2 heterocycles. The Hall–Kier alpha value is -4.71. The summed E-state index contributed by atoms with van der Waals surface area (Å²) in [4.78, 5) is 28.9. The number of rotatable bonds is 6. The summed E-state index contributed by atoms with van der Waals surface area (Å²) in [5.74, 6) is -0.0916. The van der Waals surface area contributed by atoms with Crippen LogP contribution in [0.15, 0.2) is 112 Å². The number of benzene rings is 4. The quantitative estimate of drug-likeness (QED) is 0.281. The van der Waals surface area contributed by atoms with Crippen molar-refractivity contribution >= 4 is 16.9 Å². The standard InChI is InChI=1S/C31H22FNO4/c32-23-15-13-20(14-16-23)18-33-28(22-9-6-10-24(17-22)36-19-21-7-2-1-3-8-21)27-29(34)25-11-4-5-12-26(25)37-30(27)31(33)35/h1-17,28H,18-19H2. The lowest BCUT2D eigenvalue weighted by molar-refractivity contribution is 0.0714. The molecule has 5 aromatic rings. The summed E-state index contributed by atoms with van der Waals surface area (Å²) in [5, 5.41) is 0.416. The van der Waals surface area contributed by atoms with Crippen LogP contribution in [0.5, 0.6) is 5.75 Å². The van der Waals surface area contributed by atoms with Gasteiger partial charge in [0.15, 0.2) is 5.43 Å². The lowest BCUT2D eigenvalue weighted by atomic mass is 9.98. The van der Waals surface area contributed by atoms with Crippen molar-refractivity contribution in [1.29, 1.82) is 0 Å². The average Bonchev–Trinajstić information content (AvgIpc) is 3.21. The van der Waals surface area contributed by atoms with Crippen LogP contribution in [-0.2, 0) is 13.2 Å². The van der Waals surface area contributed by atoms with Crippen LogP contribution in [0.4, 0.5) is 4.39 Å². The molecule has 0 radical (unpaired) electrons. The van der Waals surface area contributed by atoms with E-state index in [-0.39, 0.29) is 29.5 Å². The minimum Gasteiger partial charge on any atom is -0.489 e. The van der Waals surface area contributed by atoms with E-state index in [1.807, 2.05) is 54.6 Å². The number of ether oxygens (including phenoxy) is 1. The predicted octanol–water partition coefficient (Wildman–Crippen LogP) is 6.26. The molecule has 5 nitrogen and oxygen atoms in total. The first kappa shape index (κ1) is 22.7. The highest BCUT2D eigenvalue weighted by molar-refractivity contribution is 5.99. The van der Waals surface area contributed by atoms with Gasteiger partial charge in [0, 0.05) is 6.54 Å². The summed E-state index contributed by atoms with van der Waals surface area (Å²) in [7, 11) is 0. The number of para-hydroxylation sites is 1. The van der Waals surface area contributed by atoms with E-state index in [2.05, 4.69) is 0 Å². The van der Waals surface area contributed by atoms with Crippen LogP contribution in [-0.4, -0.2) is 10.8 Å². The Kier molecular flexibility index (Phi) is 5.77. The number of hydrogen-bond acceptors (Lipinski definition) is 4. The van der Waals surface area contributed by atoms with Gasteiger partial charge in [-0.05, 0) is 53.1 Å². The van der Waals surface area contributed by atoms with Gasteiger partial charge < -0.3 is 14.1 Å². The van der Waals surface area contributed by atoms with Crippen molar-refractivity contribution in [2.75, 3.05) is 0 Å². The average molecular weight is 492 g/mol. The van der Waals surface area contributed by atoms with E-state index in [1.54, 1.807) is 41.3 Å². The highest BCUT2D eigenvalue weighted by Gasteiger charge is 2.42. The fourth-order valence-corrected chi connectivity index (χ4v) is 4.78. The molecule has 6 heteroatoms. The molecule has 0 saturated carbocycles. The third-order valence-corrected chi connectivity index (χ3v) is 6.56. The molecule has 1 aliphatic rings. The van der Waals surface area contributed by atoms with E-state index >= 15 is 0 Å². The summed E-state index contributed by atoms with van der Waals surface area (Å²) >= 11 is 0. The van der Waals surface area contributed by atoms with Crippen molar-refractivity contribution in [2.45, 2.75) is 19.2 Å². The van der Waals surface area contributed by atoms with Gasteiger partial charge in [-0.2, -0.15) is 0 Å². The number of carbonyl (C=O) groups excluding carboxylic acids is 1. The molecule has 0 aliphatic carbocycles. The number of nitrogens with zero attached hydrogens (tertiary/aromatic N) is 1. The van der Waals surface area contributed by atoms with Crippen LogP contribution in [0.25, 0.3) is 11.0 Å². The summed E-state index contributed by atoms with van der Waals surface area (Å²) in [6, 6.07) is 29.4. The zero-order valence-electron chi connectivity index (χ0n) is 19.8. The van der Waals surface area contributed by atoms with Crippen molar-refractivity contribution in [3.8, 4) is 5.75 Å². The number of halogens is 1. The minimum atomic E-state index is -0.686. The molecular weight excluding hydrogens is 469 g/mol. The highest BCUT2D eigenvalue weighted by Crippen LogP contribution is 2.40. The van der Waals surface area contributed by atoms with E-state index in [0.29, 0.717) is 28.9 Å². The Morgan fingerprint density at radius 1 is 0.811 bits per heavy atom. The van der Waals surface area contributed by atoms with E-state index in [4.69, 9.17) is 9.15 Å². The normalized spacial score (nSPS) is 14.7. The lowest BCUT2D eigenvalue weighted by Gasteiger charge is -2.25. The van der Waals surface area contributed by atoms with Gasteiger partial charge in [-0.3, -0.25) is 9.59 Å². The second-order valence-corrected chi connectivity index (χ2v) is 8.98. The maximum Gasteiger partial charge on any atom is 0.291 e. The van der Waals surface area contributed by atoms with Crippen molar-refractivity contribution in [3.05, 3.63) is 147 Å². The summed E-state index contributed by atoms with van der Waals surface area (Å²) in [6.07, 6.45) is 0. The molecule has 0 fully saturated rings. The first-order valence-corrected chi connectivity index (χ1v) is 12.0. The van der Waals surface area contributed by atoms with Gasteiger partial charge in [0.25, 0.3) is 5.91 Å². The summed E-state index contributed by atoms with van der Waals surface area (Å²) in [6.45, 7) is 0.565. The van der Waals surface area contributed by atoms with Gasteiger partial charge in [-0.15, -0.1) is 0 Å². The molecule has 0 spiro atoms. The minimum absolute atomic E-state index is 0.0337. The second-order valence-electron chi connectivity index (χ2n) is 8.98. The maximum absolute atomic E-state index is 13.7. The van der Waals surface area contributed by atoms with Gasteiger partial charge in [0.05, 0.1) is 17.0 Å². The number of amides is 1. The molecule has 182 valence electrons. The van der Waals surface area contributed by atoms with Crippen LogP contribution < -0.4 is 10.2 Å². The van der Waals surface area contributed by atoms with Crippen LogP contribution >= 0.6 is 0 Å².